The standard InChI is InChI=1S/C45H48ClN5O6S3/c1-59(54,55)43-30-40(21-22-42(43)47-37(29-44(52)51-23-7-8-24-51)32-58-39-10-3-2-4-11-39)60(56,57)48-45(53)34-15-19-38(20-16-34)50-27-25-49(26-28-50)31-35-9-5-6-12-41(35)33-13-17-36(46)18-14-33/h2-6,9-22,30,37,47H,7-8,23-29,31-32H2,1H3,(H,48,53)/t37-/m1/s1. The maximum absolute atomic E-state index is 13.6. The van der Waals surface area contributed by atoms with Crippen LogP contribution >= 0.6 is 23.4 Å². The molecule has 1 atom stereocenters. The van der Waals surface area contributed by atoms with E-state index in [1.807, 2.05) is 65.6 Å². The molecule has 5 aromatic rings. The van der Waals surface area contributed by atoms with E-state index in [4.69, 9.17) is 11.6 Å². The molecule has 0 unspecified atom stereocenters. The zero-order valence-corrected chi connectivity index (χ0v) is 36.5. The Morgan fingerprint density at radius 3 is 2.12 bits per heavy atom. The molecule has 5 aromatic carbocycles. The molecule has 7 rings (SSSR count). The summed E-state index contributed by atoms with van der Waals surface area (Å²) in [5.41, 5.74) is 4.77. The number of carbonyl (C=O) groups is 2. The number of nitrogens with one attached hydrogen (secondary N) is 2. The van der Waals surface area contributed by atoms with Gasteiger partial charge in [-0.1, -0.05) is 66.2 Å². The van der Waals surface area contributed by atoms with Crippen LogP contribution in [0, 0.1) is 0 Å². The average molecular weight is 887 g/mol. The van der Waals surface area contributed by atoms with Crippen molar-refractivity contribution < 1.29 is 26.4 Å². The Bertz CT molecular complexity index is 2510. The number of hydrogen-bond acceptors (Lipinski definition) is 10. The van der Waals surface area contributed by atoms with E-state index in [0.29, 0.717) is 23.9 Å². The topological polar surface area (TPSA) is 136 Å². The molecular formula is C45H48ClN5O6S3. The van der Waals surface area contributed by atoms with Crippen LogP contribution in [0.5, 0.6) is 0 Å². The van der Waals surface area contributed by atoms with Gasteiger partial charge in [0, 0.05) is 91.5 Å². The van der Waals surface area contributed by atoms with E-state index in [-0.39, 0.29) is 33.4 Å². The first-order valence-corrected chi connectivity index (χ1v) is 24.6. The van der Waals surface area contributed by atoms with Crippen molar-refractivity contribution in [3.05, 3.63) is 137 Å². The van der Waals surface area contributed by atoms with E-state index in [9.17, 15) is 26.4 Å². The second kappa shape index (κ2) is 19.2. The first-order chi connectivity index (χ1) is 28.8. The molecule has 2 saturated heterocycles. The predicted molar refractivity (Wildman–Crippen MR) is 240 cm³/mol. The minimum absolute atomic E-state index is 0.0272. The number of amides is 2. The van der Waals surface area contributed by atoms with Gasteiger partial charge in [0.1, 0.15) is 0 Å². The van der Waals surface area contributed by atoms with Gasteiger partial charge in [0.25, 0.3) is 15.9 Å². The molecule has 0 saturated carbocycles. The van der Waals surface area contributed by atoms with Crippen molar-refractivity contribution >= 4 is 66.4 Å². The molecule has 2 N–H and O–H groups in total. The summed E-state index contributed by atoms with van der Waals surface area (Å²) in [7, 11) is -8.43. The Labute approximate surface area is 362 Å². The van der Waals surface area contributed by atoms with Crippen LogP contribution in [-0.2, 0) is 31.2 Å². The normalized spacial score (nSPS) is 15.4. The van der Waals surface area contributed by atoms with Gasteiger partial charge in [-0.05, 0) is 96.3 Å². The molecule has 0 radical (unpaired) electrons. The van der Waals surface area contributed by atoms with Gasteiger partial charge in [-0.25, -0.2) is 21.6 Å². The minimum atomic E-state index is -4.48. The van der Waals surface area contributed by atoms with Gasteiger partial charge in [0.15, 0.2) is 9.84 Å². The third-order valence-corrected chi connectivity index (χ3v) is 14.6. The molecule has 0 bridgehead atoms. The highest BCUT2D eigenvalue weighted by atomic mass is 35.5. The van der Waals surface area contributed by atoms with Crippen LogP contribution in [0.15, 0.2) is 136 Å². The summed E-state index contributed by atoms with van der Waals surface area (Å²) >= 11 is 7.66. The van der Waals surface area contributed by atoms with E-state index < -0.39 is 31.8 Å². The fourth-order valence-electron chi connectivity index (χ4n) is 7.53. The van der Waals surface area contributed by atoms with Crippen molar-refractivity contribution in [2.75, 3.05) is 61.5 Å². The van der Waals surface area contributed by atoms with Gasteiger partial charge in [-0.2, -0.15) is 0 Å². The number of sulfonamides is 1. The molecule has 2 aliphatic heterocycles. The second-order valence-electron chi connectivity index (χ2n) is 15.1. The van der Waals surface area contributed by atoms with Gasteiger partial charge in [-0.15, -0.1) is 11.8 Å². The number of thioether (sulfide) groups is 1. The number of rotatable bonds is 15. The van der Waals surface area contributed by atoms with Crippen LogP contribution in [0.4, 0.5) is 11.4 Å². The highest BCUT2D eigenvalue weighted by Crippen LogP contribution is 2.30. The quantitative estimate of drug-likeness (QED) is 0.102. The fraction of sp³-hybridized carbons (Fsp3) is 0.289. The first kappa shape index (κ1) is 43.2. The van der Waals surface area contributed by atoms with Crippen molar-refractivity contribution in [3.8, 4) is 11.1 Å². The highest BCUT2D eigenvalue weighted by Gasteiger charge is 2.27. The number of nitrogens with zero attached hydrogens (tertiary/aromatic N) is 3. The zero-order chi connectivity index (χ0) is 42.3. The number of sulfone groups is 1. The summed E-state index contributed by atoms with van der Waals surface area (Å²) in [6, 6.07) is 35.9. The fourth-order valence-corrected chi connectivity index (χ4v) is 10.5. The van der Waals surface area contributed by atoms with Gasteiger partial charge in [-0.3, -0.25) is 14.5 Å². The Kier molecular flexibility index (Phi) is 13.9. The lowest BCUT2D eigenvalue weighted by molar-refractivity contribution is -0.130. The summed E-state index contributed by atoms with van der Waals surface area (Å²) in [5.74, 6) is -0.411. The summed E-state index contributed by atoms with van der Waals surface area (Å²) in [4.78, 5) is 33.3. The monoisotopic (exact) mass is 885 g/mol. The summed E-state index contributed by atoms with van der Waals surface area (Å²) < 4.78 is 55.4. The van der Waals surface area contributed by atoms with E-state index in [1.54, 1.807) is 24.3 Å². The predicted octanol–water partition coefficient (Wildman–Crippen LogP) is 7.44. The van der Waals surface area contributed by atoms with E-state index >= 15 is 0 Å². The molecule has 15 heteroatoms. The number of benzene rings is 5. The van der Waals surface area contributed by atoms with Crippen molar-refractivity contribution in [2.24, 2.45) is 0 Å². The number of hydrogen-bond donors (Lipinski definition) is 2. The van der Waals surface area contributed by atoms with E-state index in [2.05, 4.69) is 38.0 Å². The molecule has 314 valence electrons. The van der Waals surface area contributed by atoms with Gasteiger partial charge < -0.3 is 15.1 Å². The third-order valence-electron chi connectivity index (χ3n) is 10.8. The van der Waals surface area contributed by atoms with Crippen molar-refractivity contribution in [2.45, 2.75) is 46.5 Å². The third kappa shape index (κ3) is 11.1. The number of likely N-dealkylation sites (tertiary alicyclic amines) is 1. The molecular weight excluding hydrogens is 838 g/mol. The second-order valence-corrected chi connectivity index (χ2v) is 20.3. The summed E-state index contributed by atoms with van der Waals surface area (Å²) in [5, 5.41) is 3.94. The summed E-state index contributed by atoms with van der Waals surface area (Å²) in [6.07, 6.45) is 3.02. The van der Waals surface area contributed by atoms with Crippen molar-refractivity contribution in [3.63, 3.8) is 0 Å². The Balaban J connectivity index is 0.984. The number of piperazine rings is 1. The number of halogens is 1. The zero-order valence-electron chi connectivity index (χ0n) is 33.3. The molecule has 2 fully saturated rings. The lowest BCUT2D eigenvalue weighted by atomic mass is 9.99. The van der Waals surface area contributed by atoms with Gasteiger partial charge >= 0.3 is 0 Å². The number of carbonyl (C=O) groups excluding carboxylic acids is 2. The van der Waals surface area contributed by atoms with Crippen LogP contribution in [0.2, 0.25) is 5.02 Å². The molecule has 2 heterocycles. The largest absolute Gasteiger partial charge is 0.380 e. The minimum Gasteiger partial charge on any atom is -0.380 e. The highest BCUT2D eigenvalue weighted by molar-refractivity contribution is 7.99. The lowest BCUT2D eigenvalue weighted by Gasteiger charge is -2.36. The maximum Gasteiger partial charge on any atom is 0.264 e. The Hall–Kier alpha value is -4.86. The van der Waals surface area contributed by atoms with Crippen LogP contribution in [0.1, 0.15) is 35.2 Å². The molecule has 11 nitrogen and oxygen atoms in total. The maximum atomic E-state index is 13.6. The van der Waals surface area contributed by atoms with Crippen molar-refractivity contribution in [1.29, 1.82) is 0 Å². The lowest BCUT2D eigenvalue weighted by Crippen LogP contribution is -2.46. The Morgan fingerprint density at radius 1 is 0.767 bits per heavy atom. The molecule has 0 spiro atoms. The van der Waals surface area contributed by atoms with Crippen LogP contribution < -0.4 is 14.9 Å². The smallest absolute Gasteiger partial charge is 0.264 e. The molecule has 0 aliphatic carbocycles. The molecule has 2 amide bonds. The van der Waals surface area contributed by atoms with Crippen LogP contribution in [0.25, 0.3) is 11.1 Å². The average Bonchev–Trinajstić information content (AvgIpc) is 3.80. The molecule has 60 heavy (non-hydrogen) atoms. The first-order valence-electron chi connectivity index (χ1n) is 19.9. The Morgan fingerprint density at radius 2 is 1.43 bits per heavy atom. The van der Waals surface area contributed by atoms with Crippen LogP contribution in [-0.4, -0.2) is 95.8 Å². The van der Waals surface area contributed by atoms with Gasteiger partial charge in [0.2, 0.25) is 5.91 Å². The molecule has 0 aromatic heterocycles. The molecule has 2 aliphatic rings. The van der Waals surface area contributed by atoms with E-state index in [0.717, 1.165) is 74.0 Å². The van der Waals surface area contributed by atoms with Crippen molar-refractivity contribution in [1.82, 2.24) is 14.5 Å². The van der Waals surface area contributed by atoms with Gasteiger partial charge in [0.05, 0.1) is 15.5 Å². The van der Waals surface area contributed by atoms with Crippen LogP contribution in [0.3, 0.4) is 0 Å². The SMILES string of the molecule is CS(=O)(=O)c1cc(S(=O)(=O)NC(=O)c2ccc(N3CCN(Cc4ccccc4-c4ccc(Cl)cc4)CC3)cc2)ccc1N[C@@H](CSc1ccccc1)CC(=O)N1CCCC1. The summed E-state index contributed by atoms with van der Waals surface area (Å²) in [6.45, 7) is 5.41. The number of anilines is 2. The van der Waals surface area contributed by atoms with E-state index in [1.165, 1.54) is 35.0 Å².